The highest BCUT2D eigenvalue weighted by Gasteiger charge is 2.13. The molecule has 0 bridgehead atoms. The first-order valence-corrected chi connectivity index (χ1v) is 5.92. The minimum atomic E-state index is 0.461. The minimum absolute atomic E-state index is 0.461. The van der Waals surface area contributed by atoms with Crippen molar-refractivity contribution < 1.29 is 4.74 Å². The number of hydrogen-bond acceptors (Lipinski definition) is 4. The molecular weight excluding hydrogens is 268 g/mol. The molecule has 0 atom stereocenters. The zero-order valence-corrected chi connectivity index (χ0v) is 11.1. The van der Waals surface area contributed by atoms with Crippen molar-refractivity contribution in [3.63, 3.8) is 0 Å². The molecule has 18 heavy (non-hydrogen) atoms. The number of pyridine rings is 1. The number of benzene rings is 1. The van der Waals surface area contributed by atoms with E-state index in [2.05, 4.69) is 27.4 Å². The van der Waals surface area contributed by atoms with Crippen LogP contribution in [-0.4, -0.2) is 17.3 Å². The lowest BCUT2D eigenvalue weighted by Gasteiger charge is -2.10. The molecule has 0 saturated carbocycles. The average Bonchev–Trinajstić information content (AvgIpc) is 2.40. The van der Waals surface area contributed by atoms with Crippen molar-refractivity contribution in [3.8, 4) is 17.0 Å². The van der Waals surface area contributed by atoms with Crippen molar-refractivity contribution in [2.24, 2.45) is 4.99 Å². The molecule has 0 unspecified atom stereocenters. The molecule has 5 heteroatoms. The topological polar surface area (TPSA) is 34.5 Å². The number of rotatable bonds is 3. The van der Waals surface area contributed by atoms with Crippen LogP contribution in [0.2, 0.25) is 5.02 Å². The van der Waals surface area contributed by atoms with E-state index in [9.17, 15) is 0 Å². The number of aliphatic imine (C=N–C) groups is 1. The predicted octanol–water partition coefficient (Wildman–Crippen LogP) is 4.14. The second-order valence-electron chi connectivity index (χ2n) is 3.40. The molecule has 1 aromatic carbocycles. The second kappa shape index (κ2) is 5.74. The summed E-state index contributed by atoms with van der Waals surface area (Å²) in [6.45, 7) is 0. The third-order valence-electron chi connectivity index (χ3n) is 2.39. The van der Waals surface area contributed by atoms with Crippen LogP contribution in [-0.2, 0) is 0 Å². The monoisotopic (exact) mass is 276 g/mol. The van der Waals surface area contributed by atoms with Crippen molar-refractivity contribution in [1.29, 1.82) is 0 Å². The van der Waals surface area contributed by atoms with E-state index in [0.717, 1.165) is 11.3 Å². The van der Waals surface area contributed by atoms with Gasteiger partial charge in [0.15, 0.2) is 5.75 Å². The molecule has 0 saturated heterocycles. The van der Waals surface area contributed by atoms with Gasteiger partial charge in [-0.25, -0.2) is 0 Å². The molecule has 1 heterocycles. The maximum absolute atomic E-state index is 6.30. The highest BCUT2D eigenvalue weighted by Crippen LogP contribution is 2.41. The Balaban J connectivity index is 2.62. The van der Waals surface area contributed by atoms with Crippen LogP contribution in [0.3, 0.4) is 0 Å². The third-order valence-corrected chi connectivity index (χ3v) is 2.85. The standard InChI is InChI=1S/C13H9ClN2OS/c1-17-13-11(16-8-18)6-5-9(12(13)14)10-4-2-3-7-15-10/h2-7H,1H3. The molecule has 90 valence electrons. The molecule has 0 aliphatic carbocycles. The number of methoxy groups -OCH3 is 1. The fourth-order valence-corrected chi connectivity index (χ4v) is 2.03. The largest absolute Gasteiger partial charge is 0.493 e. The Hall–Kier alpha value is -1.74. The maximum Gasteiger partial charge on any atom is 0.164 e. The summed E-state index contributed by atoms with van der Waals surface area (Å²) in [6, 6.07) is 9.23. The van der Waals surface area contributed by atoms with Gasteiger partial charge in [0.2, 0.25) is 0 Å². The lowest BCUT2D eigenvalue weighted by molar-refractivity contribution is 0.416. The summed E-state index contributed by atoms with van der Waals surface area (Å²) < 4.78 is 5.25. The lowest BCUT2D eigenvalue weighted by Crippen LogP contribution is -1.89. The Labute approximate surface area is 115 Å². The Morgan fingerprint density at radius 3 is 2.78 bits per heavy atom. The minimum Gasteiger partial charge on any atom is -0.493 e. The van der Waals surface area contributed by atoms with Crippen LogP contribution in [0.15, 0.2) is 41.5 Å². The fraction of sp³-hybridized carbons (Fsp3) is 0.0769. The van der Waals surface area contributed by atoms with E-state index in [-0.39, 0.29) is 0 Å². The van der Waals surface area contributed by atoms with E-state index in [1.807, 2.05) is 24.3 Å². The second-order valence-corrected chi connectivity index (χ2v) is 3.96. The van der Waals surface area contributed by atoms with Gasteiger partial charge in [-0.1, -0.05) is 17.7 Å². The number of aromatic nitrogens is 1. The number of isothiocyanates is 1. The van der Waals surface area contributed by atoms with Gasteiger partial charge in [-0.05, 0) is 36.5 Å². The summed E-state index contributed by atoms with van der Waals surface area (Å²) in [5.74, 6) is 0.470. The van der Waals surface area contributed by atoms with Crippen LogP contribution in [0, 0.1) is 0 Å². The molecule has 2 aromatic rings. The van der Waals surface area contributed by atoms with Crippen LogP contribution in [0.4, 0.5) is 5.69 Å². The summed E-state index contributed by atoms with van der Waals surface area (Å²) in [5.41, 5.74) is 2.12. The van der Waals surface area contributed by atoms with Gasteiger partial charge >= 0.3 is 0 Å². The van der Waals surface area contributed by atoms with E-state index < -0.39 is 0 Å². The van der Waals surface area contributed by atoms with E-state index >= 15 is 0 Å². The van der Waals surface area contributed by atoms with Crippen LogP contribution in [0.5, 0.6) is 5.75 Å². The molecule has 0 N–H and O–H groups in total. The lowest BCUT2D eigenvalue weighted by atomic mass is 10.1. The number of hydrogen-bond donors (Lipinski definition) is 0. The van der Waals surface area contributed by atoms with E-state index in [1.165, 1.54) is 7.11 Å². The number of halogens is 1. The molecule has 0 aliphatic heterocycles. The molecule has 0 radical (unpaired) electrons. The van der Waals surface area contributed by atoms with Crippen LogP contribution in [0.1, 0.15) is 0 Å². The molecular formula is C13H9ClN2OS. The van der Waals surface area contributed by atoms with Gasteiger partial charge in [0.1, 0.15) is 5.69 Å². The quantitative estimate of drug-likeness (QED) is 0.624. The molecule has 0 amide bonds. The Morgan fingerprint density at radius 2 is 2.17 bits per heavy atom. The summed E-state index contributed by atoms with van der Waals surface area (Å²) in [7, 11) is 1.53. The summed E-state index contributed by atoms with van der Waals surface area (Å²) >= 11 is 10.9. The summed E-state index contributed by atoms with van der Waals surface area (Å²) in [6.07, 6.45) is 1.71. The predicted molar refractivity (Wildman–Crippen MR) is 75.9 cm³/mol. The summed E-state index contributed by atoms with van der Waals surface area (Å²) in [4.78, 5) is 8.16. The van der Waals surface area contributed by atoms with Crippen LogP contribution >= 0.6 is 23.8 Å². The molecule has 0 aliphatic rings. The number of nitrogens with zero attached hydrogens (tertiary/aromatic N) is 2. The van der Waals surface area contributed by atoms with Gasteiger partial charge in [0.25, 0.3) is 0 Å². The van der Waals surface area contributed by atoms with Crippen molar-refractivity contribution in [2.45, 2.75) is 0 Å². The van der Waals surface area contributed by atoms with E-state index in [4.69, 9.17) is 16.3 Å². The van der Waals surface area contributed by atoms with E-state index in [0.29, 0.717) is 16.5 Å². The highest BCUT2D eigenvalue weighted by molar-refractivity contribution is 7.78. The van der Waals surface area contributed by atoms with E-state index in [1.54, 1.807) is 12.3 Å². The van der Waals surface area contributed by atoms with Gasteiger partial charge in [-0.2, -0.15) is 4.99 Å². The zero-order valence-electron chi connectivity index (χ0n) is 9.55. The van der Waals surface area contributed by atoms with Gasteiger partial charge in [-0.15, -0.1) is 0 Å². The van der Waals surface area contributed by atoms with Crippen molar-refractivity contribution in [3.05, 3.63) is 41.6 Å². The third kappa shape index (κ3) is 2.41. The smallest absolute Gasteiger partial charge is 0.164 e. The first-order valence-electron chi connectivity index (χ1n) is 5.13. The van der Waals surface area contributed by atoms with Crippen LogP contribution in [0.25, 0.3) is 11.3 Å². The fourth-order valence-electron chi connectivity index (χ4n) is 1.60. The molecule has 3 nitrogen and oxygen atoms in total. The van der Waals surface area contributed by atoms with Crippen LogP contribution < -0.4 is 4.74 Å². The number of thiocarbonyl (C=S) groups is 1. The first kappa shape index (κ1) is 12.7. The molecule has 1 aromatic heterocycles. The Kier molecular flexibility index (Phi) is 4.05. The van der Waals surface area contributed by atoms with Gasteiger partial charge < -0.3 is 4.74 Å². The molecule has 0 spiro atoms. The zero-order chi connectivity index (χ0) is 13.0. The van der Waals surface area contributed by atoms with Crippen molar-refractivity contribution in [2.75, 3.05) is 7.11 Å². The molecule has 0 fully saturated rings. The normalized spacial score (nSPS) is 9.67. The van der Waals surface area contributed by atoms with Gasteiger partial charge in [-0.3, -0.25) is 4.98 Å². The van der Waals surface area contributed by atoms with Gasteiger partial charge in [0.05, 0.1) is 23.0 Å². The maximum atomic E-state index is 6.30. The number of ether oxygens (including phenoxy) is 1. The Morgan fingerprint density at radius 1 is 1.33 bits per heavy atom. The highest BCUT2D eigenvalue weighted by atomic mass is 35.5. The average molecular weight is 277 g/mol. The Bertz CT molecular complexity index is 610. The van der Waals surface area contributed by atoms with Gasteiger partial charge in [0, 0.05) is 11.8 Å². The summed E-state index contributed by atoms with van der Waals surface area (Å²) in [5, 5.41) is 2.76. The van der Waals surface area contributed by atoms with Crippen molar-refractivity contribution in [1.82, 2.24) is 4.98 Å². The van der Waals surface area contributed by atoms with Crippen molar-refractivity contribution >= 4 is 34.7 Å². The molecule has 2 rings (SSSR count). The first-order chi connectivity index (χ1) is 8.77. The SMILES string of the molecule is COc1c(N=C=S)ccc(-c2ccccn2)c1Cl.